The summed E-state index contributed by atoms with van der Waals surface area (Å²) in [4.78, 5) is 24.0. The smallest absolute Gasteiger partial charge is 0.170 e. The van der Waals surface area contributed by atoms with E-state index in [2.05, 4.69) is 21.3 Å². The zero-order valence-electron chi connectivity index (χ0n) is 18.6. The number of nitrogens with zero attached hydrogens (tertiary/aromatic N) is 7. The van der Waals surface area contributed by atoms with Gasteiger partial charge in [0.25, 0.3) is 0 Å². The number of carbonyl (C=O) groups excluding carboxylic acids is 1. The molecule has 0 fully saturated rings. The molecular weight excluding hydrogens is 433 g/mol. The van der Waals surface area contributed by atoms with Crippen LogP contribution in [0.15, 0.2) is 54.7 Å². The largest absolute Gasteiger partial charge is 0.314 e. The lowest BCUT2D eigenvalue weighted by molar-refractivity contribution is 0.0990. The highest BCUT2D eigenvalue weighted by atomic mass is 19.1. The molecule has 4 aromatic rings. The number of nitriles is 1. The predicted octanol–water partition coefficient (Wildman–Crippen LogP) is 4.40. The molecule has 0 spiro atoms. The van der Waals surface area contributed by atoms with E-state index in [1.54, 1.807) is 18.3 Å². The first-order valence-corrected chi connectivity index (χ1v) is 10.9. The SMILES string of the molecule is CCC1c2nnc(C)n2-c2cnc(CC(=O)c3ccc(F)cc3)nc2N1c1cccc(C#N)c1. The molecule has 2 aromatic heterocycles. The minimum Gasteiger partial charge on any atom is -0.314 e. The molecule has 5 rings (SSSR count). The van der Waals surface area contributed by atoms with Crippen LogP contribution in [0.2, 0.25) is 0 Å². The molecule has 0 bridgehead atoms. The lowest BCUT2D eigenvalue weighted by Gasteiger charge is -2.37. The predicted molar refractivity (Wildman–Crippen MR) is 122 cm³/mol. The minimum atomic E-state index is -0.400. The molecule has 0 aliphatic carbocycles. The molecule has 0 saturated carbocycles. The van der Waals surface area contributed by atoms with Crippen molar-refractivity contribution in [3.8, 4) is 11.8 Å². The highest BCUT2D eigenvalue weighted by Gasteiger charge is 2.36. The molecule has 0 radical (unpaired) electrons. The first-order chi connectivity index (χ1) is 16.5. The van der Waals surface area contributed by atoms with Gasteiger partial charge in [-0.2, -0.15) is 5.26 Å². The van der Waals surface area contributed by atoms with Crippen LogP contribution in [0.3, 0.4) is 0 Å². The van der Waals surface area contributed by atoms with E-state index in [1.807, 2.05) is 35.4 Å². The molecule has 0 N–H and O–H groups in total. The number of Topliss-reactive ketones (excluding diaryl/α,β-unsaturated/α-hetero) is 1. The average Bonchev–Trinajstić information content (AvgIpc) is 3.24. The van der Waals surface area contributed by atoms with Gasteiger partial charge in [-0.15, -0.1) is 10.2 Å². The van der Waals surface area contributed by atoms with Crippen molar-refractivity contribution in [3.63, 3.8) is 0 Å². The number of benzene rings is 2. The van der Waals surface area contributed by atoms with Crippen LogP contribution in [-0.2, 0) is 6.42 Å². The van der Waals surface area contributed by atoms with Gasteiger partial charge in [0.15, 0.2) is 17.4 Å². The molecule has 8 nitrogen and oxygen atoms in total. The Morgan fingerprint density at radius 1 is 1.18 bits per heavy atom. The van der Waals surface area contributed by atoms with E-state index in [0.29, 0.717) is 40.7 Å². The summed E-state index contributed by atoms with van der Waals surface area (Å²) < 4.78 is 15.2. The Bertz CT molecular complexity index is 1440. The molecular formula is C25H20FN7O. The van der Waals surface area contributed by atoms with Gasteiger partial charge in [-0.3, -0.25) is 9.36 Å². The number of halogens is 1. The van der Waals surface area contributed by atoms with E-state index >= 15 is 0 Å². The van der Waals surface area contributed by atoms with Crippen molar-refractivity contribution in [2.45, 2.75) is 32.7 Å². The third-order valence-electron chi connectivity index (χ3n) is 5.85. The number of anilines is 2. The second kappa shape index (κ2) is 8.48. The Labute approximate surface area is 195 Å². The maximum Gasteiger partial charge on any atom is 0.170 e. The van der Waals surface area contributed by atoms with Gasteiger partial charge in [0.05, 0.1) is 30.3 Å². The lowest BCUT2D eigenvalue weighted by Crippen LogP contribution is -2.33. The van der Waals surface area contributed by atoms with E-state index in [1.165, 1.54) is 24.3 Å². The van der Waals surface area contributed by atoms with Gasteiger partial charge in [0, 0.05) is 11.3 Å². The number of rotatable bonds is 5. The number of hydrogen-bond acceptors (Lipinski definition) is 7. The number of aryl methyl sites for hydroxylation is 1. The van der Waals surface area contributed by atoms with Crippen molar-refractivity contribution in [2.75, 3.05) is 4.90 Å². The van der Waals surface area contributed by atoms with Crippen LogP contribution in [0, 0.1) is 24.1 Å². The summed E-state index contributed by atoms with van der Waals surface area (Å²) >= 11 is 0. The second-order valence-electron chi connectivity index (χ2n) is 8.00. The summed E-state index contributed by atoms with van der Waals surface area (Å²) in [5.74, 6) is 1.81. The quantitative estimate of drug-likeness (QED) is 0.413. The van der Waals surface area contributed by atoms with Crippen LogP contribution >= 0.6 is 0 Å². The zero-order valence-corrected chi connectivity index (χ0v) is 18.6. The van der Waals surface area contributed by atoms with Gasteiger partial charge in [-0.05, 0) is 55.8 Å². The maximum atomic E-state index is 13.2. The van der Waals surface area contributed by atoms with Gasteiger partial charge < -0.3 is 4.90 Å². The third kappa shape index (κ3) is 3.59. The Balaban J connectivity index is 1.62. The van der Waals surface area contributed by atoms with Crippen molar-refractivity contribution in [1.29, 1.82) is 5.26 Å². The first-order valence-electron chi connectivity index (χ1n) is 10.9. The highest BCUT2D eigenvalue weighted by Crippen LogP contribution is 2.43. The Morgan fingerprint density at radius 3 is 2.71 bits per heavy atom. The molecule has 1 aliphatic heterocycles. The number of carbonyl (C=O) groups is 1. The maximum absolute atomic E-state index is 13.2. The normalized spacial score (nSPS) is 14.3. The van der Waals surface area contributed by atoms with Crippen molar-refractivity contribution >= 4 is 17.3 Å². The Kier molecular flexibility index (Phi) is 5.34. The summed E-state index contributed by atoms with van der Waals surface area (Å²) in [7, 11) is 0. The van der Waals surface area contributed by atoms with Crippen LogP contribution in [0.4, 0.5) is 15.9 Å². The van der Waals surface area contributed by atoms with Crippen molar-refractivity contribution < 1.29 is 9.18 Å². The summed E-state index contributed by atoms with van der Waals surface area (Å²) in [5.41, 5.74) is 2.40. The molecule has 0 saturated heterocycles. The summed E-state index contributed by atoms with van der Waals surface area (Å²) in [6.45, 7) is 3.91. The van der Waals surface area contributed by atoms with Crippen LogP contribution in [-0.4, -0.2) is 30.5 Å². The van der Waals surface area contributed by atoms with Gasteiger partial charge in [0.2, 0.25) is 0 Å². The van der Waals surface area contributed by atoms with E-state index in [9.17, 15) is 14.4 Å². The minimum absolute atomic E-state index is 0.0319. The molecule has 168 valence electrons. The lowest BCUT2D eigenvalue weighted by atomic mass is 10.1. The van der Waals surface area contributed by atoms with Crippen LogP contribution in [0.5, 0.6) is 0 Å². The molecule has 3 heterocycles. The summed E-state index contributed by atoms with van der Waals surface area (Å²) in [6, 6.07) is 14.7. The summed E-state index contributed by atoms with van der Waals surface area (Å²) in [6.07, 6.45) is 2.35. The van der Waals surface area contributed by atoms with E-state index in [4.69, 9.17) is 4.98 Å². The average molecular weight is 453 g/mol. The number of hydrogen-bond donors (Lipinski definition) is 0. The molecule has 1 atom stereocenters. The van der Waals surface area contributed by atoms with E-state index in [0.717, 1.165) is 11.5 Å². The van der Waals surface area contributed by atoms with Crippen molar-refractivity contribution in [3.05, 3.63) is 89.1 Å². The molecule has 0 amide bonds. The van der Waals surface area contributed by atoms with Crippen LogP contribution < -0.4 is 4.90 Å². The van der Waals surface area contributed by atoms with Crippen molar-refractivity contribution in [2.24, 2.45) is 0 Å². The number of ketones is 1. The van der Waals surface area contributed by atoms with E-state index < -0.39 is 5.82 Å². The van der Waals surface area contributed by atoms with Crippen molar-refractivity contribution in [1.82, 2.24) is 24.7 Å². The van der Waals surface area contributed by atoms with Crippen LogP contribution in [0.25, 0.3) is 5.69 Å². The fourth-order valence-electron chi connectivity index (χ4n) is 4.25. The topological polar surface area (TPSA) is 101 Å². The summed E-state index contributed by atoms with van der Waals surface area (Å²) in [5, 5.41) is 18.1. The molecule has 9 heteroatoms. The molecule has 1 aliphatic rings. The molecule has 2 aromatic carbocycles. The standard InChI is InChI=1S/C25H20FN7O/c1-3-20-25-31-30-15(2)32(25)21-14-28-23(12-22(34)17-7-9-18(26)10-8-17)29-24(21)33(20)19-6-4-5-16(11-19)13-27/h4-11,14,20H,3,12H2,1-2H3. The Hall–Kier alpha value is -4.45. The second-order valence-corrected chi connectivity index (χ2v) is 8.00. The zero-order chi connectivity index (χ0) is 23.8. The Morgan fingerprint density at radius 2 is 1.97 bits per heavy atom. The van der Waals surface area contributed by atoms with Gasteiger partial charge in [0.1, 0.15) is 23.2 Å². The first kappa shape index (κ1) is 21.4. The number of fused-ring (bicyclic) bond motifs is 3. The van der Waals surface area contributed by atoms with Gasteiger partial charge in [-0.1, -0.05) is 13.0 Å². The molecule has 34 heavy (non-hydrogen) atoms. The van der Waals surface area contributed by atoms with E-state index in [-0.39, 0.29) is 18.2 Å². The highest BCUT2D eigenvalue weighted by molar-refractivity contribution is 5.97. The fraction of sp³-hybridized carbons (Fsp3) is 0.200. The number of aromatic nitrogens is 5. The van der Waals surface area contributed by atoms with Gasteiger partial charge in [-0.25, -0.2) is 14.4 Å². The van der Waals surface area contributed by atoms with Gasteiger partial charge >= 0.3 is 0 Å². The molecule has 1 unspecified atom stereocenters. The monoisotopic (exact) mass is 453 g/mol. The third-order valence-corrected chi connectivity index (χ3v) is 5.85. The van der Waals surface area contributed by atoms with Crippen LogP contribution in [0.1, 0.15) is 52.8 Å². The fourth-order valence-corrected chi connectivity index (χ4v) is 4.25.